The van der Waals surface area contributed by atoms with E-state index in [0.29, 0.717) is 23.2 Å². The van der Waals surface area contributed by atoms with E-state index >= 15 is 0 Å². The van der Waals surface area contributed by atoms with Gasteiger partial charge in [-0.15, -0.1) is 0 Å². The molecule has 24 heavy (non-hydrogen) atoms. The summed E-state index contributed by atoms with van der Waals surface area (Å²) in [6, 6.07) is 13.6. The zero-order valence-electron chi connectivity index (χ0n) is 13.8. The van der Waals surface area contributed by atoms with Crippen LogP contribution in [0.2, 0.25) is 0 Å². The first kappa shape index (κ1) is 15.8. The molecular formula is C19H18N2O3. The first-order valence-corrected chi connectivity index (χ1v) is 7.50. The van der Waals surface area contributed by atoms with Gasteiger partial charge in [-0.05, 0) is 30.7 Å². The van der Waals surface area contributed by atoms with Gasteiger partial charge in [-0.1, -0.05) is 41.1 Å². The van der Waals surface area contributed by atoms with Crippen LogP contribution in [0.5, 0.6) is 11.5 Å². The fraction of sp³-hybridized carbons (Fsp3) is 0.158. The lowest BCUT2D eigenvalue weighted by Gasteiger charge is -2.07. The summed E-state index contributed by atoms with van der Waals surface area (Å²) in [6.07, 6.45) is 3.65. The van der Waals surface area contributed by atoms with Crippen LogP contribution in [0.15, 0.2) is 47.0 Å². The van der Waals surface area contributed by atoms with Crippen LogP contribution in [0.1, 0.15) is 17.0 Å². The molecule has 0 radical (unpaired) electrons. The highest BCUT2D eigenvalue weighted by Crippen LogP contribution is 2.28. The monoisotopic (exact) mass is 322 g/mol. The van der Waals surface area contributed by atoms with Gasteiger partial charge in [-0.3, -0.25) is 0 Å². The Labute approximate surface area is 140 Å². The van der Waals surface area contributed by atoms with Gasteiger partial charge in [0.15, 0.2) is 11.5 Å². The Kier molecular flexibility index (Phi) is 4.61. The highest BCUT2D eigenvalue weighted by atomic mass is 16.5. The molecule has 0 spiro atoms. The molecule has 5 heteroatoms. The van der Waals surface area contributed by atoms with Crippen molar-refractivity contribution in [3.05, 3.63) is 59.5 Å². The maximum Gasteiger partial charge on any atom is 0.250 e. The highest BCUT2D eigenvalue weighted by Gasteiger charge is 2.07. The second-order valence-electron chi connectivity index (χ2n) is 5.27. The number of aromatic nitrogens is 2. The predicted molar refractivity (Wildman–Crippen MR) is 92.9 cm³/mol. The second kappa shape index (κ2) is 7.00. The van der Waals surface area contributed by atoms with Crippen LogP contribution in [-0.4, -0.2) is 24.4 Å². The smallest absolute Gasteiger partial charge is 0.250 e. The zero-order chi connectivity index (χ0) is 16.9. The zero-order valence-corrected chi connectivity index (χ0v) is 13.8. The third kappa shape index (κ3) is 3.46. The molecule has 3 rings (SSSR count). The first-order chi connectivity index (χ1) is 11.7. The lowest BCUT2D eigenvalue weighted by Crippen LogP contribution is -1.90. The molecule has 0 aliphatic rings. The Bertz CT molecular complexity index is 851. The van der Waals surface area contributed by atoms with E-state index in [1.807, 2.05) is 55.5 Å². The molecule has 0 bridgehead atoms. The van der Waals surface area contributed by atoms with Gasteiger partial charge in [-0.25, -0.2) is 0 Å². The minimum absolute atomic E-state index is 0.445. The molecule has 5 nitrogen and oxygen atoms in total. The van der Waals surface area contributed by atoms with Crippen LogP contribution >= 0.6 is 0 Å². The maximum absolute atomic E-state index is 5.29. The van der Waals surface area contributed by atoms with Gasteiger partial charge in [0.25, 0.3) is 5.89 Å². The number of methoxy groups -OCH3 is 2. The average Bonchev–Trinajstić information content (AvgIpc) is 3.09. The molecule has 0 unspecified atom stereocenters. The lowest BCUT2D eigenvalue weighted by molar-refractivity contribution is 0.355. The SMILES string of the molecule is COc1ccc(/C=C/c2nc(-c3ccc(C)cc3)no2)cc1OC. The molecule has 0 fully saturated rings. The van der Waals surface area contributed by atoms with E-state index < -0.39 is 0 Å². The largest absolute Gasteiger partial charge is 0.493 e. The number of hydrogen-bond donors (Lipinski definition) is 0. The van der Waals surface area contributed by atoms with E-state index in [4.69, 9.17) is 14.0 Å². The normalized spacial score (nSPS) is 11.0. The summed E-state index contributed by atoms with van der Waals surface area (Å²) in [5, 5.41) is 4.01. The summed E-state index contributed by atoms with van der Waals surface area (Å²) < 4.78 is 15.8. The first-order valence-electron chi connectivity index (χ1n) is 7.50. The van der Waals surface area contributed by atoms with Gasteiger partial charge < -0.3 is 14.0 Å². The van der Waals surface area contributed by atoms with Crippen molar-refractivity contribution in [2.75, 3.05) is 14.2 Å². The summed E-state index contributed by atoms with van der Waals surface area (Å²) in [7, 11) is 3.22. The number of ether oxygens (including phenoxy) is 2. The Hall–Kier alpha value is -3.08. The van der Waals surface area contributed by atoms with Crippen molar-refractivity contribution in [3.8, 4) is 22.9 Å². The van der Waals surface area contributed by atoms with Crippen molar-refractivity contribution in [2.24, 2.45) is 0 Å². The van der Waals surface area contributed by atoms with Gasteiger partial charge in [0.2, 0.25) is 5.82 Å². The second-order valence-corrected chi connectivity index (χ2v) is 5.27. The fourth-order valence-corrected chi connectivity index (χ4v) is 2.25. The summed E-state index contributed by atoms with van der Waals surface area (Å²) in [6.45, 7) is 2.04. The Morgan fingerprint density at radius 2 is 1.67 bits per heavy atom. The number of benzene rings is 2. The van der Waals surface area contributed by atoms with Gasteiger partial charge in [0.05, 0.1) is 14.2 Å². The molecule has 0 atom stereocenters. The Morgan fingerprint density at radius 3 is 2.38 bits per heavy atom. The standard InChI is InChI=1S/C19H18N2O3/c1-13-4-8-15(9-5-13)19-20-18(24-21-19)11-7-14-6-10-16(22-2)17(12-14)23-3/h4-12H,1-3H3/b11-7+. The van der Waals surface area contributed by atoms with Crippen LogP contribution in [0.3, 0.4) is 0 Å². The molecule has 0 aliphatic heterocycles. The van der Waals surface area contributed by atoms with Crippen molar-refractivity contribution >= 4 is 12.2 Å². The molecule has 0 aliphatic carbocycles. The van der Waals surface area contributed by atoms with E-state index in [9.17, 15) is 0 Å². The van der Waals surface area contributed by atoms with Gasteiger partial charge >= 0.3 is 0 Å². The fourth-order valence-electron chi connectivity index (χ4n) is 2.25. The molecule has 1 aromatic heterocycles. The van der Waals surface area contributed by atoms with E-state index in [1.165, 1.54) is 5.56 Å². The van der Waals surface area contributed by atoms with E-state index in [2.05, 4.69) is 10.1 Å². The highest BCUT2D eigenvalue weighted by molar-refractivity contribution is 5.68. The van der Waals surface area contributed by atoms with Crippen molar-refractivity contribution in [1.82, 2.24) is 10.1 Å². The van der Waals surface area contributed by atoms with Crippen molar-refractivity contribution < 1.29 is 14.0 Å². The van der Waals surface area contributed by atoms with E-state index in [0.717, 1.165) is 11.1 Å². The molecule has 0 saturated heterocycles. The molecule has 0 amide bonds. The summed E-state index contributed by atoms with van der Waals surface area (Å²) in [5.41, 5.74) is 3.06. The quantitative estimate of drug-likeness (QED) is 0.703. The van der Waals surface area contributed by atoms with Gasteiger partial charge in [0, 0.05) is 11.6 Å². The van der Waals surface area contributed by atoms with E-state index in [1.54, 1.807) is 20.3 Å². The van der Waals surface area contributed by atoms with Crippen LogP contribution < -0.4 is 9.47 Å². The number of rotatable bonds is 5. The molecular weight excluding hydrogens is 304 g/mol. The topological polar surface area (TPSA) is 57.4 Å². The van der Waals surface area contributed by atoms with E-state index in [-0.39, 0.29) is 0 Å². The number of nitrogens with zero attached hydrogens (tertiary/aromatic N) is 2. The molecule has 0 saturated carbocycles. The van der Waals surface area contributed by atoms with Crippen LogP contribution in [-0.2, 0) is 0 Å². The number of aryl methyl sites for hydroxylation is 1. The minimum Gasteiger partial charge on any atom is -0.493 e. The Balaban J connectivity index is 1.79. The minimum atomic E-state index is 0.445. The lowest BCUT2D eigenvalue weighted by atomic mass is 10.1. The molecule has 3 aromatic rings. The third-order valence-electron chi connectivity index (χ3n) is 3.58. The average molecular weight is 322 g/mol. The summed E-state index contributed by atoms with van der Waals surface area (Å²) >= 11 is 0. The van der Waals surface area contributed by atoms with Gasteiger partial charge in [0.1, 0.15) is 0 Å². The number of hydrogen-bond acceptors (Lipinski definition) is 5. The van der Waals surface area contributed by atoms with Crippen molar-refractivity contribution in [2.45, 2.75) is 6.92 Å². The maximum atomic E-state index is 5.29. The third-order valence-corrected chi connectivity index (χ3v) is 3.58. The van der Waals surface area contributed by atoms with Crippen LogP contribution in [0.4, 0.5) is 0 Å². The molecule has 0 N–H and O–H groups in total. The Morgan fingerprint density at radius 1 is 0.917 bits per heavy atom. The summed E-state index contributed by atoms with van der Waals surface area (Å²) in [4.78, 5) is 4.38. The molecule has 2 aromatic carbocycles. The molecule has 1 heterocycles. The predicted octanol–water partition coefficient (Wildman–Crippen LogP) is 4.23. The van der Waals surface area contributed by atoms with Crippen LogP contribution in [0, 0.1) is 6.92 Å². The van der Waals surface area contributed by atoms with Gasteiger partial charge in [-0.2, -0.15) is 4.98 Å². The van der Waals surface area contributed by atoms with Crippen molar-refractivity contribution in [1.29, 1.82) is 0 Å². The summed E-state index contributed by atoms with van der Waals surface area (Å²) in [5.74, 6) is 2.38. The van der Waals surface area contributed by atoms with Crippen LogP contribution in [0.25, 0.3) is 23.5 Å². The molecule has 122 valence electrons. The van der Waals surface area contributed by atoms with Crippen molar-refractivity contribution in [3.63, 3.8) is 0 Å².